The predicted octanol–water partition coefficient (Wildman–Crippen LogP) is 3.24. The molecule has 0 aliphatic carbocycles. The quantitative estimate of drug-likeness (QED) is 0.794. The Kier molecular flexibility index (Phi) is 3.27. The average molecular weight is 269 g/mol. The van der Waals surface area contributed by atoms with Crippen molar-refractivity contribution >= 4 is 22.1 Å². The van der Waals surface area contributed by atoms with E-state index in [9.17, 15) is 0 Å². The minimum atomic E-state index is -0.0346. The van der Waals surface area contributed by atoms with Crippen molar-refractivity contribution in [3.05, 3.63) is 58.3 Å². The van der Waals surface area contributed by atoms with E-state index in [1.54, 1.807) is 11.3 Å². The van der Waals surface area contributed by atoms with Gasteiger partial charge in [-0.05, 0) is 23.9 Å². The molecule has 4 heteroatoms. The van der Waals surface area contributed by atoms with Crippen molar-refractivity contribution in [2.75, 3.05) is 0 Å². The molecule has 0 aliphatic heterocycles. The van der Waals surface area contributed by atoms with Gasteiger partial charge in [-0.25, -0.2) is 4.98 Å². The number of nitrogens with zero attached hydrogens (tertiary/aromatic N) is 2. The Morgan fingerprint density at radius 1 is 1.32 bits per heavy atom. The summed E-state index contributed by atoms with van der Waals surface area (Å²) in [6.45, 7) is 2.02. The van der Waals surface area contributed by atoms with E-state index in [1.807, 2.05) is 31.5 Å². The molecule has 0 aliphatic rings. The van der Waals surface area contributed by atoms with Crippen molar-refractivity contribution in [2.24, 2.45) is 5.73 Å². The smallest absolute Gasteiger partial charge is 0.0897 e. The fourth-order valence-electron chi connectivity index (χ4n) is 2.31. The van der Waals surface area contributed by atoms with Gasteiger partial charge in [0.15, 0.2) is 0 Å². The Balaban J connectivity index is 1.95. The molecular weight excluding hydrogens is 254 g/mol. The Hall–Kier alpha value is -1.78. The van der Waals surface area contributed by atoms with Crippen molar-refractivity contribution < 1.29 is 0 Å². The molecule has 1 atom stereocenters. The van der Waals surface area contributed by atoms with Crippen LogP contribution in [0.1, 0.15) is 22.3 Å². The van der Waals surface area contributed by atoms with Gasteiger partial charge in [0.1, 0.15) is 0 Å². The van der Waals surface area contributed by atoms with E-state index in [4.69, 9.17) is 5.73 Å². The molecule has 3 nitrogen and oxygen atoms in total. The number of rotatable bonds is 3. The zero-order valence-corrected chi connectivity index (χ0v) is 11.5. The first-order valence-corrected chi connectivity index (χ1v) is 7.11. The monoisotopic (exact) mass is 269 g/mol. The average Bonchev–Trinajstić information content (AvgIpc) is 2.83. The number of hydrogen-bond acceptors (Lipinski definition) is 4. The topological polar surface area (TPSA) is 51.8 Å². The van der Waals surface area contributed by atoms with E-state index in [-0.39, 0.29) is 6.04 Å². The lowest BCUT2D eigenvalue weighted by atomic mass is 9.98. The number of nitrogens with two attached hydrogens (primary N) is 1. The molecule has 2 aromatic heterocycles. The molecule has 0 spiro atoms. The van der Waals surface area contributed by atoms with Gasteiger partial charge in [0, 0.05) is 35.6 Å². The maximum absolute atomic E-state index is 6.35. The number of thiazole rings is 1. The molecule has 0 saturated heterocycles. The maximum Gasteiger partial charge on any atom is 0.0897 e. The lowest BCUT2D eigenvalue weighted by molar-refractivity contribution is 0.714. The molecule has 1 aromatic carbocycles. The third-order valence-corrected chi connectivity index (χ3v) is 4.03. The number of benzene rings is 1. The zero-order chi connectivity index (χ0) is 13.2. The summed E-state index contributed by atoms with van der Waals surface area (Å²) >= 11 is 1.67. The first-order valence-electron chi connectivity index (χ1n) is 6.23. The Bertz CT molecular complexity index is 700. The van der Waals surface area contributed by atoms with E-state index in [0.717, 1.165) is 28.1 Å². The first-order chi connectivity index (χ1) is 9.24. The van der Waals surface area contributed by atoms with Gasteiger partial charge < -0.3 is 5.73 Å². The summed E-state index contributed by atoms with van der Waals surface area (Å²) in [6, 6.07) is 8.17. The molecule has 0 fully saturated rings. The van der Waals surface area contributed by atoms with E-state index in [2.05, 4.69) is 27.5 Å². The Morgan fingerprint density at radius 3 is 3.00 bits per heavy atom. The molecule has 0 radical (unpaired) electrons. The zero-order valence-electron chi connectivity index (χ0n) is 10.7. The number of fused-ring (bicyclic) bond motifs is 1. The van der Waals surface area contributed by atoms with Gasteiger partial charge in [0.25, 0.3) is 0 Å². The SMILES string of the molecule is Cc1nc(CC(N)c2cccc3cnccc23)cs1. The third-order valence-electron chi connectivity index (χ3n) is 3.21. The maximum atomic E-state index is 6.35. The van der Waals surface area contributed by atoms with Crippen LogP contribution in [0, 0.1) is 6.92 Å². The molecule has 2 N–H and O–H groups in total. The predicted molar refractivity (Wildman–Crippen MR) is 79.2 cm³/mol. The fraction of sp³-hybridized carbons (Fsp3) is 0.200. The van der Waals surface area contributed by atoms with Crippen LogP contribution in [0.2, 0.25) is 0 Å². The minimum Gasteiger partial charge on any atom is -0.324 e. The summed E-state index contributed by atoms with van der Waals surface area (Å²) in [5.74, 6) is 0. The molecule has 0 saturated carbocycles. The Labute approximate surface area is 116 Å². The molecule has 96 valence electrons. The van der Waals surface area contributed by atoms with E-state index < -0.39 is 0 Å². The van der Waals surface area contributed by atoms with E-state index in [1.165, 1.54) is 5.39 Å². The van der Waals surface area contributed by atoms with Crippen molar-refractivity contribution in [3.63, 3.8) is 0 Å². The fourth-order valence-corrected chi connectivity index (χ4v) is 2.93. The van der Waals surface area contributed by atoms with Gasteiger partial charge in [-0.15, -0.1) is 11.3 Å². The van der Waals surface area contributed by atoms with Crippen LogP contribution in [-0.4, -0.2) is 9.97 Å². The van der Waals surface area contributed by atoms with Crippen LogP contribution in [0.4, 0.5) is 0 Å². The second-order valence-electron chi connectivity index (χ2n) is 4.61. The number of pyridine rings is 1. The summed E-state index contributed by atoms with van der Waals surface area (Å²) in [7, 11) is 0. The first kappa shape index (κ1) is 12.3. The van der Waals surface area contributed by atoms with Crippen LogP contribution in [0.25, 0.3) is 10.8 Å². The largest absolute Gasteiger partial charge is 0.324 e. The number of hydrogen-bond donors (Lipinski definition) is 1. The van der Waals surface area contributed by atoms with Gasteiger partial charge in [0.2, 0.25) is 0 Å². The molecular formula is C15H15N3S. The van der Waals surface area contributed by atoms with Crippen LogP contribution in [0.5, 0.6) is 0 Å². The van der Waals surface area contributed by atoms with Crippen molar-refractivity contribution in [3.8, 4) is 0 Å². The molecule has 1 unspecified atom stereocenters. The van der Waals surface area contributed by atoms with E-state index in [0.29, 0.717) is 0 Å². The van der Waals surface area contributed by atoms with Crippen molar-refractivity contribution in [1.29, 1.82) is 0 Å². The summed E-state index contributed by atoms with van der Waals surface area (Å²) < 4.78 is 0. The van der Waals surface area contributed by atoms with Crippen LogP contribution >= 0.6 is 11.3 Å². The lowest BCUT2D eigenvalue weighted by Gasteiger charge is -2.13. The minimum absolute atomic E-state index is 0.0346. The molecule has 2 heterocycles. The van der Waals surface area contributed by atoms with Crippen LogP contribution in [0.3, 0.4) is 0 Å². The standard InChI is InChI=1S/C15H15N3S/c1-10-18-12(9-19-10)7-15(16)14-4-2-3-11-8-17-6-5-13(11)14/h2-6,8-9,15H,7,16H2,1H3. The van der Waals surface area contributed by atoms with Gasteiger partial charge >= 0.3 is 0 Å². The van der Waals surface area contributed by atoms with Crippen LogP contribution < -0.4 is 5.73 Å². The highest BCUT2D eigenvalue weighted by atomic mass is 32.1. The normalized spacial score (nSPS) is 12.7. The van der Waals surface area contributed by atoms with Crippen molar-refractivity contribution in [2.45, 2.75) is 19.4 Å². The summed E-state index contributed by atoms with van der Waals surface area (Å²) in [5.41, 5.74) is 8.57. The molecule has 0 amide bonds. The molecule has 19 heavy (non-hydrogen) atoms. The van der Waals surface area contributed by atoms with Crippen LogP contribution in [0.15, 0.2) is 42.0 Å². The second kappa shape index (κ2) is 5.07. The highest BCUT2D eigenvalue weighted by Crippen LogP contribution is 2.25. The lowest BCUT2D eigenvalue weighted by Crippen LogP contribution is -2.14. The summed E-state index contributed by atoms with van der Waals surface area (Å²) in [4.78, 5) is 8.63. The second-order valence-corrected chi connectivity index (χ2v) is 5.67. The van der Waals surface area contributed by atoms with Gasteiger partial charge in [-0.1, -0.05) is 18.2 Å². The summed E-state index contributed by atoms with van der Waals surface area (Å²) in [5, 5.41) is 5.48. The highest BCUT2D eigenvalue weighted by Gasteiger charge is 2.12. The van der Waals surface area contributed by atoms with Crippen LogP contribution in [-0.2, 0) is 6.42 Å². The molecule has 3 rings (SSSR count). The highest BCUT2D eigenvalue weighted by molar-refractivity contribution is 7.09. The molecule has 0 bridgehead atoms. The van der Waals surface area contributed by atoms with Gasteiger partial charge in [0.05, 0.1) is 10.7 Å². The van der Waals surface area contributed by atoms with Gasteiger partial charge in [-0.2, -0.15) is 0 Å². The Morgan fingerprint density at radius 2 is 2.21 bits per heavy atom. The molecule has 3 aromatic rings. The third kappa shape index (κ3) is 2.50. The number of aromatic nitrogens is 2. The van der Waals surface area contributed by atoms with E-state index >= 15 is 0 Å². The van der Waals surface area contributed by atoms with Crippen molar-refractivity contribution in [1.82, 2.24) is 9.97 Å². The summed E-state index contributed by atoms with van der Waals surface area (Å²) in [6.07, 6.45) is 4.45. The number of aryl methyl sites for hydroxylation is 1. The van der Waals surface area contributed by atoms with Gasteiger partial charge in [-0.3, -0.25) is 4.98 Å².